The van der Waals surface area contributed by atoms with Gasteiger partial charge in [-0.3, -0.25) is 0 Å². The molecule has 0 aromatic heterocycles. The van der Waals surface area contributed by atoms with Crippen LogP contribution in [-0.4, -0.2) is 17.2 Å². The Morgan fingerprint density at radius 3 is 2.45 bits per heavy atom. The zero-order valence-corrected chi connectivity index (χ0v) is 11.9. The molecule has 1 N–H and O–H groups in total. The lowest BCUT2D eigenvalue weighted by molar-refractivity contribution is 0.0697. The predicted molar refractivity (Wildman–Crippen MR) is 79.3 cm³/mol. The third-order valence-electron chi connectivity index (χ3n) is 2.95. The molecule has 0 saturated heterocycles. The number of rotatable bonds is 4. The molecule has 0 heterocycles. The first-order chi connectivity index (χ1) is 9.49. The van der Waals surface area contributed by atoms with E-state index in [9.17, 15) is 9.90 Å². The Bertz CT molecular complexity index is 630. The molecule has 0 aliphatic heterocycles. The highest BCUT2D eigenvalue weighted by Crippen LogP contribution is 2.33. The number of para-hydroxylation sites is 1. The zero-order valence-electron chi connectivity index (χ0n) is 11.9. The van der Waals surface area contributed by atoms with Crippen LogP contribution in [0.5, 0.6) is 5.75 Å². The maximum absolute atomic E-state index is 11.4. The van der Waals surface area contributed by atoms with Gasteiger partial charge in [-0.1, -0.05) is 35.9 Å². The Kier molecular flexibility index (Phi) is 4.08. The summed E-state index contributed by atoms with van der Waals surface area (Å²) in [6, 6.07) is 12.9. The number of carboxylic acid groups (broad SMARTS) is 1. The average molecular weight is 270 g/mol. The maximum atomic E-state index is 11.4. The normalized spacial score (nSPS) is 10.6. The van der Waals surface area contributed by atoms with Gasteiger partial charge in [-0.25, -0.2) is 4.79 Å². The summed E-state index contributed by atoms with van der Waals surface area (Å²) in [6.45, 7) is 5.78. The second-order valence-corrected chi connectivity index (χ2v) is 5.02. The highest BCUT2D eigenvalue weighted by Gasteiger charge is 2.15. The van der Waals surface area contributed by atoms with Gasteiger partial charge in [0.15, 0.2) is 0 Å². The summed E-state index contributed by atoms with van der Waals surface area (Å²) in [6.07, 6.45) is 0.0369. The molecule has 0 radical (unpaired) electrons. The number of hydrogen-bond donors (Lipinski definition) is 1. The summed E-state index contributed by atoms with van der Waals surface area (Å²) in [5, 5.41) is 9.38. The van der Waals surface area contributed by atoms with Crippen molar-refractivity contribution in [1.82, 2.24) is 0 Å². The molecule has 20 heavy (non-hydrogen) atoms. The lowest BCUT2D eigenvalue weighted by Gasteiger charge is -2.15. The van der Waals surface area contributed by atoms with Crippen LogP contribution in [0, 0.1) is 6.92 Å². The van der Waals surface area contributed by atoms with E-state index in [0.29, 0.717) is 16.9 Å². The van der Waals surface area contributed by atoms with Gasteiger partial charge in [0.2, 0.25) is 0 Å². The fraction of sp³-hybridized carbons (Fsp3) is 0.235. The SMILES string of the molecule is Cc1ccc(-c2ccccc2OC(C)C)c(C(=O)O)c1. The first-order valence-corrected chi connectivity index (χ1v) is 6.59. The summed E-state index contributed by atoms with van der Waals surface area (Å²) in [7, 11) is 0. The first-order valence-electron chi connectivity index (χ1n) is 6.59. The third-order valence-corrected chi connectivity index (χ3v) is 2.95. The quantitative estimate of drug-likeness (QED) is 0.907. The molecule has 0 saturated carbocycles. The van der Waals surface area contributed by atoms with E-state index in [4.69, 9.17) is 4.74 Å². The largest absolute Gasteiger partial charge is 0.490 e. The molecule has 3 heteroatoms. The van der Waals surface area contributed by atoms with Gasteiger partial charge in [0.05, 0.1) is 11.7 Å². The van der Waals surface area contributed by atoms with Gasteiger partial charge < -0.3 is 9.84 Å². The highest BCUT2D eigenvalue weighted by atomic mass is 16.5. The zero-order chi connectivity index (χ0) is 14.7. The lowest BCUT2D eigenvalue weighted by Crippen LogP contribution is -2.07. The van der Waals surface area contributed by atoms with Crippen LogP contribution in [0.1, 0.15) is 29.8 Å². The van der Waals surface area contributed by atoms with Gasteiger partial charge in [0, 0.05) is 5.56 Å². The van der Waals surface area contributed by atoms with Crippen molar-refractivity contribution in [3.63, 3.8) is 0 Å². The maximum Gasteiger partial charge on any atom is 0.336 e. The van der Waals surface area contributed by atoms with Crippen molar-refractivity contribution >= 4 is 5.97 Å². The fourth-order valence-electron chi connectivity index (χ4n) is 2.12. The molecular weight excluding hydrogens is 252 g/mol. The van der Waals surface area contributed by atoms with Crippen molar-refractivity contribution < 1.29 is 14.6 Å². The topological polar surface area (TPSA) is 46.5 Å². The van der Waals surface area contributed by atoms with Gasteiger partial charge in [0.1, 0.15) is 5.75 Å². The number of carboxylic acids is 1. The van der Waals surface area contributed by atoms with Crippen molar-refractivity contribution in [3.8, 4) is 16.9 Å². The number of aryl methyl sites for hydroxylation is 1. The second kappa shape index (κ2) is 5.78. The van der Waals surface area contributed by atoms with E-state index < -0.39 is 5.97 Å². The first kappa shape index (κ1) is 14.1. The second-order valence-electron chi connectivity index (χ2n) is 5.02. The van der Waals surface area contributed by atoms with Crippen molar-refractivity contribution in [2.45, 2.75) is 26.9 Å². The fourth-order valence-corrected chi connectivity index (χ4v) is 2.12. The Morgan fingerprint density at radius 2 is 1.80 bits per heavy atom. The lowest BCUT2D eigenvalue weighted by atomic mass is 9.97. The van der Waals surface area contributed by atoms with Crippen LogP contribution in [0.25, 0.3) is 11.1 Å². The highest BCUT2D eigenvalue weighted by molar-refractivity contribution is 5.97. The van der Waals surface area contributed by atoms with E-state index in [2.05, 4.69) is 0 Å². The molecule has 0 spiro atoms. The number of benzene rings is 2. The Morgan fingerprint density at radius 1 is 1.10 bits per heavy atom. The summed E-state index contributed by atoms with van der Waals surface area (Å²) < 4.78 is 5.77. The Hall–Kier alpha value is -2.29. The van der Waals surface area contributed by atoms with E-state index in [1.165, 1.54) is 0 Å². The smallest absolute Gasteiger partial charge is 0.336 e. The number of ether oxygens (including phenoxy) is 1. The minimum absolute atomic E-state index is 0.0369. The molecule has 0 bridgehead atoms. The Balaban J connectivity index is 2.59. The minimum atomic E-state index is -0.928. The van der Waals surface area contributed by atoms with E-state index in [1.807, 2.05) is 57.2 Å². The van der Waals surface area contributed by atoms with Crippen molar-refractivity contribution in [2.24, 2.45) is 0 Å². The van der Waals surface area contributed by atoms with Gasteiger partial charge >= 0.3 is 5.97 Å². The van der Waals surface area contributed by atoms with Crippen LogP contribution in [-0.2, 0) is 0 Å². The molecule has 0 fully saturated rings. The monoisotopic (exact) mass is 270 g/mol. The van der Waals surface area contributed by atoms with E-state index in [0.717, 1.165) is 11.1 Å². The van der Waals surface area contributed by atoms with E-state index in [-0.39, 0.29) is 6.10 Å². The van der Waals surface area contributed by atoms with Crippen molar-refractivity contribution in [1.29, 1.82) is 0 Å². The van der Waals surface area contributed by atoms with Crippen LogP contribution >= 0.6 is 0 Å². The molecule has 3 nitrogen and oxygen atoms in total. The van der Waals surface area contributed by atoms with Crippen LogP contribution in [0.15, 0.2) is 42.5 Å². The molecule has 104 valence electrons. The molecule has 2 aromatic rings. The predicted octanol–water partition coefficient (Wildman–Crippen LogP) is 4.15. The number of carbonyl (C=O) groups is 1. The van der Waals surface area contributed by atoms with E-state index >= 15 is 0 Å². The minimum Gasteiger partial charge on any atom is -0.490 e. The number of hydrogen-bond acceptors (Lipinski definition) is 2. The summed E-state index contributed by atoms with van der Waals surface area (Å²) >= 11 is 0. The molecule has 0 atom stereocenters. The van der Waals surface area contributed by atoms with Crippen molar-refractivity contribution in [3.05, 3.63) is 53.6 Å². The Labute approximate surface area is 118 Å². The molecule has 2 aromatic carbocycles. The van der Waals surface area contributed by atoms with E-state index in [1.54, 1.807) is 6.07 Å². The van der Waals surface area contributed by atoms with Crippen LogP contribution in [0.4, 0.5) is 0 Å². The van der Waals surface area contributed by atoms with Crippen molar-refractivity contribution in [2.75, 3.05) is 0 Å². The third kappa shape index (κ3) is 2.99. The van der Waals surface area contributed by atoms with Crippen LogP contribution in [0.3, 0.4) is 0 Å². The molecule has 2 rings (SSSR count). The summed E-state index contributed by atoms with van der Waals surface area (Å²) in [4.78, 5) is 11.4. The van der Waals surface area contributed by atoms with Gasteiger partial charge in [-0.05, 0) is 38.5 Å². The van der Waals surface area contributed by atoms with Gasteiger partial charge in [-0.2, -0.15) is 0 Å². The molecule has 0 aliphatic rings. The van der Waals surface area contributed by atoms with Crippen LogP contribution < -0.4 is 4.74 Å². The molecule has 0 unspecified atom stereocenters. The summed E-state index contributed by atoms with van der Waals surface area (Å²) in [5.74, 6) is -0.225. The average Bonchev–Trinajstić information content (AvgIpc) is 2.39. The summed E-state index contributed by atoms with van der Waals surface area (Å²) in [5.41, 5.74) is 2.70. The van der Waals surface area contributed by atoms with Gasteiger partial charge in [0.25, 0.3) is 0 Å². The van der Waals surface area contributed by atoms with Gasteiger partial charge in [-0.15, -0.1) is 0 Å². The molecular formula is C17H18O3. The standard InChI is InChI=1S/C17H18O3/c1-11(2)20-16-7-5-4-6-14(16)13-9-8-12(3)10-15(13)17(18)19/h4-11H,1-3H3,(H,18,19). The molecule has 0 amide bonds. The number of aromatic carboxylic acids is 1. The molecule has 0 aliphatic carbocycles. The van der Waals surface area contributed by atoms with Crippen LogP contribution in [0.2, 0.25) is 0 Å².